The van der Waals surface area contributed by atoms with E-state index in [0.717, 1.165) is 12.5 Å². The number of carbonyl (C=O) groups is 2. The topological polar surface area (TPSA) is 121 Å². The molecule has 2 N–H and O–H groups in total. The molecule has 0 aromatic carbocycles. The van der Waals surface area contributed by atoms with Gasteiger partial charge in [0.2, 0.25) is 0 Å². The minimum Gasteiger partial charge on any atom is -0.478 e. The van der Waals surface area contributed by atoms with Crippen molar-refractivity contribution in [3.05, 3.63) is 23.8 Å². The summed E-state index contributed by atoms with van der Waals surface area (Å²) in [5, 5.41) is 17.0. The van der Waals surface area contributed by atoms with Crippen LogP contribution in [-0.4, -0.2) is 79.2 Å². The molecule has 0 unspecified atom stereocenters. The van der Waals surface area contributed by atoms with Gasteiger partial charge in [-0.05, 0) is 26.2 Å². The molecule has 9 nitrogen and oxygen atoms in total. The monoisotopic (exact) mass is 422 g/mol. The lowest BCUT2D eigenvalue weighted by Gasteiger charge is -2.24. The third-order valence-corrected chi connectivity index (χ3v) is 6.45. The van der Waals surface area contributed by atoms with E-state index in [1.54, 1.807) is 21.3 Å². The summed E-state index contributed by atoms with van der Waals surface area (Å²) in [6.07, 6.45) is 3.14. The van der Waals surface area contributed by atoms with Crippen molar-refractivity contribution < 1.29 is 42.6 Å². The summed E-state index contributed by atoms with van der Waals surface area (Å²) in [6.45, 7) is 6.31. The third kappa shape index (κ3) is 13.6. The molecule has 28 heavy (non-hydrogen) atoms. The molecule has 0 aromatic heterocycles. The number of ether oxygens (including phenoxy) is 2. The summed E-state index contributed by atoms with van der Waals surface area (Å²) in [5.41, 5.74) is 0.424. The lowest BCUT2D eigenvalue weighted by Crippen LogP contribution is -2.42. The summed E-state index contributed by atoms with van der Waals surface area (Å²) in [6, 6.07) is 0.746. The molecule has 0 rings (SSSR count). The largest absolute Gasteiger partial charge is 0.500 e. The molecule has 0 saturated heterocycles. The van der Waals surface area contributed by atoms with Crippen molar-refractivity contribution in [1.29, 1.82) is 0 Å². The van der Waals surface area contributed by atoms with Gasteiger partial charge < -0.3 is 33.0 Å². The normalized spacial score (nSPS) is 11.4. The molecular weight excluding hydrogens is 388 g/mol. The van der Waals surface area contributed by atoms with Crippen molar-refractivity contribution in [3.8, 4) is 0 Å². The predicted molar refractivity (Wildman–Crippen MR) is 106 cm³/mol. The molecule has 164 valence electrons. The van der Waals surface area contributed by atoms with Crippen molar-refractivity contribution >= 4 is 20.7 Å². The van der Waals surface area contributed by atoms with Crippen molar-refractivity contribution in [2.24, 2.45) is 0 Å². The predicted octanol–water partition coefficient (Wildman–Crippen LogP) is 1.79. The second kappa shape index (κ2) is 17.5. The molecule has 0 atom stereocenters. The number of rotatable bonds is 14. The summed E-state index contributed by atoms with van der Waals surface area (Å²) in [7, 11) is 3.65. The minimum absolute atomic E-state index is 0.174. The standard InChI is InChI=1S/C9H22O5Si.C9H12O4/c1-11-15(12-2,13-3)9-5-8-14-7-4-6-10;1-6(8(10)11)4-5-7(2)9(12)13-3/h10H,4-9H2,1-3H3;4H,2,5H2,1,3H3,(H,10,11). The van der Waals surface area contributed by atoms with E-state index < -0.39 is 20.7 Å². The van der Waals surface area contributed by atoms with E-state index >= 15 is 0 Å². The van der Waals surface area contributed by atoms with Crippen molar-refractivity contribution in [1.82, 2.24) is 0 Å². The lowest BCUT2D eigenvalue weighted by molar-refractivity contribution is -0.136. The maximum absolute atomic E-state index is 10.8. The number of aliphatic hydroxyl groups excluding tert-OH is 1. The SMILES string of the molecule is C=C(CC=C(C)C(=O)O)C(=O)OC.CO[Si](CCCOCCCO)(OC)OC. The average Bonchev–Trinajstić information content (AvgIpc) is 2.71. The molecule has 0 aliphatic heterocycles. The highest BCUT2D eigenvalue weighted by Gasteiger charge is 2.36. The smallest absolute Gasteiger partial charge is 0.478 e. The maximum Gasteiger partial charge on any atom is 0.500 e. The molecule has 0 aliphatic rings. The van der Waals surface area contributed by atoms with Gasteiger partial charge in [-0.25, -0.2) is 9.59 Å². The Kier molecular flexibility index (Phi) is 17.9. The Morgan fingerprint density at radius 1 is 1.04 bits per heavy atom. The highest BCUT2D eigenvalue weighted by Crippen LogP contribution is 2.14. The molecule has 0 spiro atoms. The van der Waals surface area contributed by atoms with Crippen LogP contribution in [0.15, 0.2) is 23.8 Å². The van der Waals surface area contributed by atoms with Crippen LogP contribution in [0.5, 0.6) is 0 Å². The molecule has 0 saturated carbocycles. The quantitative estimate of drug-likeness (QED) is 0.187. The van der Waals surface area contributed by atoms with Crippen LogP contribution in [0.3, 0.4) is 0 Å². The number of carbonyl (C=O) groups excluding carboxylic acids is 1. The first-order valence-corrected chi connectivity index (χ1v) is 10.7. The van der Waals surface area contributed by atoms with E-state index in [2.05, 4.69) is 11.3 Å². The van der Waals surface area contributed by atoms with Crippen LogP contribution < -0.4 is 0 Å². The second-order valence-electron chi connectivity index (χ2n) is 5.58. The van der Waals surface area contributed by atoms with E-state index in [1.165, 1.54) is 20.1 Å². The van der Waals surface area contributed by atoms with Gasteiger partial charge in [0.1, 0.15) is 0 Å². The number of esters is 1. The van der Waals surface area contributed by atoms with Gasteiger partial charge >= 0.3 is 20.7 Å². The molecule has 0 radical (unpaired) electrons. The first-order valence-electron chi connectivity index (χ1n) is 8.73. The molecule has 0 aromatic rings. The van der Waals surface area contributed by atoms with Crippen LogP contribution in [0.2, 0.25) is 6.04 Å². The average molecular weight is 423 g/mol. The summed E-state index contributed by atoms with van der Waals surface area (Å²) in [5.74, 6) is -1.52. The maximum atomic E-state index is 10.8. The minimum atomic E-state index is -2.42. The number of aliphatic hydroxyl groups is 1. The first-order chi connectivity index (χ1) is 13.2. The Bertz CT molecular complexity index is 479. The summed E-state index contributed by atoms with van der Waals surface area (Å²) in [4.78, 5) is 21.1. The van der Waals surface area contributed by atoms with Gasteiger partial charge in [-0.1, -0.05) is 12.7 Å². The van der Waals surface area contributed by atoms with E-state index in [-0.39, 0.29) is 24.2 Å². The molecule has 0 amide bonds. The molecule has 10 heteroatoms. The van der Waals surface area contributed by atoms with E-state index in [4.69, 9.17) is 28.2 Å². The van der Waals surface area contributed by atoms with Crippen LogP contribution >= 0.6 is 0 Å². The Hall–Kier alpha value is -1.56. The number of allylic oxidation sites excluding steroid dienone is 1. The fourth-order valence-corrected chi connectivity index (χ4v) is 3.50. The molecule has 0 fully saturated rings. The van der Waals surface area contributed by atoms with Crippen LogP contribution in [0.4, 0.5) is 0 Å². The van der Waals surface area contributed by atoms with Crippen LogP contribution in [0, 0.1) is 0 Å². The molecule has 0 heterocycles. The number of methoxy groups -OCH3 is 1. The van der Waals surface area contributed by atoms with Crippen molar-refractivity contribution in [2.75, 3.05) is 48.3 Å². The summed E-state index contributed by atoms with van der Waals surface area (Å²) < 4.78 is 25.5. The molecule has 0 bridgehead atoms. The second-order valence-corrected chi connectivity index (χ2v) is 8.67. The first kappa shape index (κ1) is 28.6. The zero-order valence-corrected chi connectivity index (χ0v) is 18.5. The van der Waals surface area contributed by atoms with Gasteiger partial charge in [-0.2, -0.15) is 0 Å². The Morgan fingerprint density at radius 2 is 1.57 bits per heavy atom. The van der Waals surface area contributed by atoms with Gasteiger partial charge in [-0.15, -0.1) is 0 Å². The van der Waals surface area contributed by atoms with Crippen molar-refractivity contribution in [2.45, 2.75) is 32.2 Å². The molecule has 0 aliphatic carbocycles. The Labute approximate surface area is 168 Å². The Balaban J connectivity index is 0. The highest BCUT2D eigenvalue weighted by atomic mass is 28.4. The number of carboxylic acids is 1. The summed E-state index contributed by atoms with van der Waals surface area (Å²) >= 11 is 0. The van der Waals surface area contributed by atoms with Crippen LogP contribution in [-0.2, 0) is 32.3 Å². The number of carboxylic acid groups (broad SMARTS) is 1. The number of hydrogen-bond donors (Lipinski definition) is 2. The van der Waals surface area contributed by atoms with Crippen LogP contribution in [0.25, 0.3) is 0 Å². The number of aliphatic carboxylic acids is 1. The Morgan fingerprint density at radius 3 is 2.00 bits per heavy atom. The van der Waals surface area contributed by atoms with E-state index in [0.29, 0.717) is 19.6 Å². The van der Waals surface area contributed by atoms with Gasteiger partial charge in [0.25, 0.3) is 0 Å². The van der Waals surface area contributed by atoms with Gasteiger partial charge in [0.05, 0.1) is 7.11 Å². The highest BCUT2D eigenvalue weighted by molar-refractivity contribution is 6.60. The fraction of sp³-hybridized carbons (Fsp3) is 0.667. The third-order valence-electron chi connectivity index (χ3n) is 3.62. The lowest BCUT2D eigenvalue weighted by atomic mass is 10.1. The van der Waals surface area contributed by atoms with E-state index in [1.807, 2.05) is 0 Å². The fourth-order valence-electron chi connectivity index (χ4n) is 1.81. The zero-order chi connectivity index (χ0) is 22.0. The van der Waals surface area contributed by atoms with E-state index in [9.17, 15) is 9.59 Å². The van der Waals surface area contributed by atoms with Gasteiger partial charge in [0.15, 0.2) is 0 Å². The van der Waals surface area contributed by atoms with Crippen molar-refractivity contribution in [3.63, 3.8) is 0 Å². The zero-order valence-electron chi connectivity index (χ0n) is 17.5. The van der Waals surface area contributed by atoms with Gasteiger partial charge in [0, 0.05) is 58.3 Å². The van der Waals surface area contributed by atoms with Gasteiger partial charge in [-0.3, -0.25) is 0 Å². The van der Waals surface area contributed by atoms with Crippen LogP contribution in [0.1, 0.15) is 26.2 Å². The molecular formula is C18H34O9Si. The number of hydrogen-bond acceptors (Lipinski definition) is 8.